The molecule has 0 aliphatic carbocycles. The van der Waals surface area contributed by atoms with Crippen LogP contribution in [0.5, 0.6) is 0 Å². The molecule has 2 fully saturated rings. The Hall–Kier alpha value is -2.05. The van der Waals surface area contributed by atoms with E-state index in [1.165, 1.54) is 0 Å². The van der Waals surface area contributed by atoms with Gasteiger partial charge >= 0.3 is 6.09 Å². The molecular formula is C13H18N4O3. The Morgan fingerprint density at radius 1 is 1.45 bits per heavy atom. The summed E-state index contributed by atoms with van der Waals surface area (Å²) in [5.74, 6) is 0.0372. The van der Waals surface area contributed by atoms with Gasteiger partial charge in [-0.25, -0.2) is 4.79 Å². The molecule has 1 aromatic heterocycles. The van der Waals surface area contributed by atoms with Gasteiger partial charge in [-0.2, -0.15) is 5.10 Å². The van der Waals surface area contributed by atoms with Crippen molar-refractivity contribution in [1.29, 1.82) is 0 Å². The van der Waals surface area contributed by atoms with Crippen LogP contribution in [0.1, 0.15) is 11.4 Å². The highest BCUT2D eigenvalue weighted by molar-refractivity contribution is 5.77. The van der Waals surface area contributed by atoms with Crippen LogP contribution >= 0.6 is 0 Å². The molecule has 1 unspecified atom stereocenters. The third-order valence-corrected chi connectivity index (χ3v) is 3.86. The molecule has 0 saturated carbocycles. The van der Waals surface area contributed by atoms with Crippen LogP contribution in [0.25, 0.3) is 0 Å². The summed E-state index contributed by atoms with van der Waals surface area (Å²) in [5.41, 5.74) is 1.89. The van der Waals surface area contributed by atoms with E-state index in [0.717, 1.165) is 11.4 Å². The van der Waals surface area contributed by atoms with Crippen molar-refractivity contribution in [3.8, 4) is 0 Å². The van der Waals surface area contributed by atoms with Crippen LogP contribution in [0.3, 0.4) is 0 Å². The van der Waals surface area contributed by atoms with Crippen LogP contribution in [-0.4, -0.2) is 63.9 Å². The largest absolute Gasteiger partial charge is 0.447 e. The van der Waals surface area contributed by atoms with Crippen molar-refractivity contribution in [3.05, 3.63) is 17.5 Å². The molecule has 0 aromatic carbocycles. The first-order chi connectivity index (χ1) is 9.54. The topological polar surface area (TPSA) is 67.7 Å². The first kappa shape index (κ1) is 13.0. The highest BCUT2D eigenvalue weighted by atomic mass is 16.6. The Morgan fingerprint density at radius 3 is 2.95 bits per heavy atom. The number of carbonyl (C=O) groups is 2. The average Bonchev–Trinajstić information content (AvgIpc) is 2.93. The molecule has 2 aliphatic rings. The molecule has 7 heteroatoms. The number of aromatic nitrogens is 2. The van der Waals surface area contributed by atoms with Crippen molar-refractivity contribution < 1.29 is 14.3 Å². The second kappa shape index (κ2) is 4.81. The zero-order chi connectivity index (χ0) is 14.3. The predicted molar refractivity (Wildman–Crippen MR) is 70.1 cm³/mol. The summed E-state index contributed by atoms with van der Waals surface area (Å²) in [6.07, 6.45) is -0.263. The van der Waals surface area contributed by atoms with E-state index in [9.17, 15) is 9.59 Å². The number of amides is 2. The minimum absolute atomic E-state index is 0.000606. The first-order valence-corrected chi connectivity index (χ1v) is 6.77. The highest BCUT2D eigenvalue weighted by Gasteiger charge is 2.38. The number of hydrogen-bond donors (Lipinski definition) is 0. The molecule has 108 valence electrons. The zero-order valence-corrected chi connectivity index (χ0v) is 11.7. The van der Waals surface area contributed by atoms with Gasteiger partial charge in [0.05, 0.1) is 11.7 Å². The summed E-state index contributed by atoms with van der Waals surface area (Å²) in [5, 5.41) is 4.30. The zero-order valence-electron chi connectivity index (χ0n) is 11.7. The predicted octanol–water partition coefficient (Wildman–Crippen LogP) is 0.163. The normalized spacial score (nSPS) is 21.9. The van der Waals surface area contributed by atoms with E-state index >= 15 is 0 Å². The van der Waals surface area contributed by atoms with Gasteiger partial charge in [0.2, 0.25) is 5.91 Å². The second-order valence-electron chi connectivity index (χ2n) is 5.35. The molecule has 0 bridgehead atoms. The molecule has 2 saturated heterocycles. The lowest BCUT2D eigenvalue weighted by molar-refractivity contribution is -0.134. The second-order valence-corrected chi connectivity index (χ2v) is 5.35. The molecule has 1 aromatic rings. The fourth-order valence-corrected chi connectivity index (χ4v) is 2.78. The number of carbonyl (C=O) groups excluding carboxylic acids is 2. The van der Waals surface area contributed by atoms with Crippen molar-refractivity contribution >= 4 is 12.0 Å². The number of aryl methyl sites for hydroxylation is 2. The van der Waals surface area contributed by atoms with E-state index in [4.69, 9.17) is 4.74 Å². The number of ether oxygens (including phenoxy) is 1. The minimum atomic E-state index is -0.263. The molecule has 0 N–H and O–H groups in total. The van der Waals surface area contributed by atoms with E-state index in [2.05, 4.69) is 5.10 Å². The van der Waals surface area contributed by atoms with Gasteiger partial charge in [0.25, 0.3) is 0 Å². The Kier molecular flexibility index (Phi) is 3.11. The minimum Gasteiger partial charge on any atom is -0.447 e. The van der Waals surface area contributed by atoms with Gasteiger partial charge < -0.3 is 9.64 Å². The molecule has 7 nitrogen and oxygen atoms in total. The number of nitrogens with zero attached hydrogens (tertiary/aromatic N) is 4. The Labute approximate surface area is 117 Å². The van der Waals surface area contributed by atoms with Crippen molar-refractivity contribution in [3.63, 3.8) is 0 Å². The standard InChI is InChI=1S/C13H18N4O3/c1-9-5-10(2)17(14-9)7-12(18)15-3-4-16-11(6-15)8-20-13(16)19/h5,11H,3-4,6-8H2,1-2H3. The Bertz CT molecular complexity index is 554. The monoisotopic (exact) mass is 278 g/mol. The van der Waals surface area contributed by atoms with Gasteiger partial charge in [0.15, 0.2) is 0 Å². The number of rotatable bonds is 2. The lowest BCUT2D eigenvalue weighted by Gasteiger charge is -2.35. The number of hydrogen-bond acceptors (Lipinski definition) is 4. The van der Waals surface area contributed by atoms with Crippen LogP contribution in [-0.2, 0) is 16.1 Å². The first-order valence-electron chi connectivity index (χ1n) is 6.77. The van der Waals surface area contributed by atoms with Crippen molar-refractivity contribution in [2.24, 2.45) is 0 Å². The number of piperazine rings is 1. The lowest BCUT2D eigenvalue weighted by Crippen LogP contribution is -2.54. The van der Waals surface area contributed by atoms with Gasteiger partial charge in [-0.3, -0.25) is 14.4 Å². The van der Waals surface area contributed by atoms with Gasteiger partial charge in [-0.05, 0) is 19.9 Å². The molecule has 3 rings (SSSR count). The van der Waals surface area contributed by atoms with Crippen LogP contribution in [0.4, 0.5) is 4.79 Å². The van der Waals surface area contributed by atoms with Crippen LogP contribution in [0.15, 0.2) is 6.07 Å². The molecule has 2 aliphatic heterocycles. The van der Waals surface area contributed by atoms with Crippen molar-refractivity contribution in [2.45, 2.75) is 26.4 Å². The van der Waals surface area contributed by atoms with E-state index in [1.807, 2.05) is 19.9 Å². The quantitative estimate of drug-likeness (QED) is 0.773. The Balaban J connectivity index is 1.64. The SMILES string of the molecule is Cc1cc(C)n(CC(=O)N2CCN3C(=O)OCC3C2)n1. The van der Waals surface area contributed by atoms with Crippen molar-refractivity contribution in [2.75, 3.05) is 26.2 Å². The third-order valence-electron chi connectivity index (χ3n) is 3.86. The molecule has 0 radical (unpaired) electrons. The summed E-state index contributed by atoms with van der Waals surface area (Å²) in [7, 11) is 0. The smallest absolute Gasteiger partial charge is 0.410 e. The molecule has 0 spiro atoms. The van der Waals surface area contributed by atoms with Crippen molar-refractivity contribution in [1.82, 2.24) is 19.6 Å². The van der Waals surface area contributed by atoms with Crippen LogP contribution in [0, 0.1) is 13.8 Å². The summed E-state index contributed by atoms with van der Waals surface area (Å²) in [6, 6.07) is 1.95. The maximum Gasteiger partial charge on any atom is 0.410 e. The maximum atomic E-state index is 12.3. The van der Waals surface area contributed by atoms with Crippen LogP contribution in [0.2, 0.25) is 0 Å². The summed E-state index contributed by atoms with van der Waals surface area (Å²) >= 11 is 0. The fraction of sp³-hybridized carbons (Fsp3) is 0.615. The molecule has 1 atom stereocenters. The van der Waals surface area contributed by atoms with E-state index in [-0.39, 0.29) is 24.6 Å². The van der Waals surface area contributed by atoms with Gasteiger partial charge in [-0.15, -0.1) is 0 Å². The van der Waals surface area contributed by atoms with Gasteiger partial charge in [0, 0.05) is 25.3 Å². The summed E-state index contributed by atoms with van der Waals surface area (Å²) in [6.45, 7) is 6.13. The maximum absolute atomic E-state index is 12.3. The molecule has 2 amide bonds. The van der Waals surface area contributed by atoms with Gasteiger partial charge in [-0.1, -0.05) is 0 Å². The molecule has 3 heterocycles. The van der Waals surface area contributed by atoms with E-state index in [1.54, 1.807) is 14.5 Å². The third kappa shape index (κ3) is 2.23. The molecule has 20 heavy (non-hydrogen) atoms. The van der Waals surface area contributed by atoms with Crippen LogP contribution < -0.4 is 0 Å². The summed E-state index contributed by atoms with van der Waals surface area (Å²) in [4.78, 5) is 27.2. The van der Waals surface area contributed by atoms with E-state index < -0.39 is 0 Å². The van der Waals surface area contributed by atoms with Gasteiger partial charge in [0.1, 0.15) is 13.2 Å². The van der Waals surface area contributed by atoms with E-state index in [0.29, 0.717) is 26.2 Å². The fourth-order valence-electron chi connectivity index (χ4n) is 2.78. The highest BCUT2D eigenvalue weighted by Crippen LogP contribution is 2.18. The number of cyclic esters (lactones) is 1. The number of fused-ring (bicyclic) bond motifs is 1. The average molecular weight is 278 g/mol. The summed E-state index contributed by atoms with van der Waals surface area (Å²) < 4.78 is 6.72. The Morgan fingerprint density at radius 2 is 2.25 bits per heavy atom. The lowest BCUT2D eigenvalue weighted by atomic mass is 10.2. The molecular weight excluding hydrogens is 260 g/mol.